The Hall–Kier alpha value is -2.63. The molecule has 0 aliphatic rings. The SMILES string of the molecule is COc1ccc(OC)c(NC(=O)c2cccnn2)c1. The molecular weight excluding hydrogens is 246 g/mol. The Kier molecular flexibility index (Phi) is 3.92. The van der Waals surface area contributed by atoms with Gasteiger partial charge in [-0.2, -0.15) is 5.10 Å². The molecule has 1 N–H and O–H groups in total. The molecule has 0 aliphatic carbocycles. The zero-order valence-electron chi connectivity index (χ0n) is 10.6. The molecule has 6 heteroatoms. The summed E-state index contributed by atoms with van der Waals surface area (Å²) in [7, 11) is 3.08. The van der Waals surface area contributed by atoms with Gasteiger partial charge in [-0.1, -0.05) is 0 Å². The van der Waals surface area contributed by atoms with Crippen molar-refractivity contribution in [2.75, 3.05) is 19.5 Å². The van der Waals surface area contributed by atoms with E-state index in [4.69, 9.17) is 9.47 Å². The lowest BCUT2D eigenvalue weighted by molar-refractivity contribution is 0.102. The summed E-state index contributed by atoms with van der Waals surface area (Å²) in [5.74, 6) is 0.799. The highest BCUT2D eigenvalue weighted by Crippen LogP contribution is 2.29. The predicted molar refractivity (Wildman–Crippen MR) is 69.5 cm³/mol. The number of nitrogens with one attached hydrogen (secondary N) is 1. The Balaban J connectivity index is 2.25. The Bertz CT molecular complexity index is 573. The molecule has 1 aromatic carbocycles. The van der Waals surface area contributed by atoms with Crippen molar-refractivity contribution in [1.29, 1.82) is 0 Å². The highest BCUT2D eigenvalue weighted by atomic mass is 16.5. The number of aromatic nitrogens is 2. The third kappa shape index (κ3) is 2.98. The molecule has 0 bridgehead atoms. The molecule has 1 amide bonds. The predicted octanol–water partition coefficient (Wildman–Crippen LogP) is 1.75. The summed E-state index contributed by atoms with van der Waals surface area (Å²) in [6, 6.07) is 8.36. The standard InChI is InChI=1S/C13H13N3O3/c1-18-9-5-6-12(19-2)11(8-9)15-13(17)10-4-3-7-14-16-10/h3-8H,1-2H3,(H,15,17). The average Bonchev–Trinajstić information content (AvgIpc) is 2.48. The third-order valence-electron chi connectivity index (χ3n) is 2.46. The minimum atomic E-state index is -0.361. The number of hydrogen-bond donors (Lipinski definition) is 1. The van der Waals surface area contributed by atoms with Crippen LogP contribution in [-0.4, -0.2) is 30.3 Å². The monoisotopic (exact) mass is 259 g/mol. The van der Waals surface area contributed by atoms with Crippen LogP contribution in [0.15, 0.2) is 36.5 Å². The van der Waals surface area contributed by atoms with Gasteiger partial charge in [-0.3, -0.25) is 4.79 Å². The normalized spacial score (nSPS) is 9.79. The van der Waals surface area contributed by atoms with Crippen LogP contribution in [0, 0.1) is 0 Å². The highest BCUT2D eigenvalue weighted by molar-refractivity contribution is 6.03. The molecule has 2 rings (SSSR count). The lowest BCUT2D eigenvalue weighted by Gasteiger charge is -2.11. The van der Waals surface area contributed by atoms with Crippen LogP contribution < -0.4 is 14.8 Å². The number of methoxy groups -OCH3 is 2. The fourth-order valence-electron chi connectivity index (χ4n) is 1.52. The first-order valence-corrected chi connectivity index (χ1v) is 5.55. The third-order valence-corrected chi connectivity index (χ3v) is 2.46. The number of rotatable bonds is 4. The first-order chi connectivity index (χ1) is 9.24. The molecule has 0 atom stereocenters. The number of anilines is 1. The molecule has 0 unspecified atom stereocenters. The summed E-state index contributed by atoms with van der Waals surface area (Å²) in [6.07, 6.45) is 1.50. The lowest BCUT2D eigenvalue weighted by Crippen LogP contribution is -2.14. The van der Waals surface area contributed by atoms with E-state index in [9.17, 15) is 4.79 Å². The van der Waals surface area contributed by atoms with Gasteiger partial charge in [0.05, 0.1) is 19.9 Å². The number of ether oxygens (including phenoxy) is 2. The summed E-state index contributed by atoms with van der Waals surface area (Å²) < 4.78 is 10.3. The topological polar surface area (TPSA) is 73.3 Å². The van der Waals surface area contributed by atoms with Gasteiger partial charge < -0.3 is 14.8 Å². The van der Waals surface area contributed by atoms with Crippen molar-refractivity contribution in [2.24, 2.45) is 0 Å². The van der Waals surface area contributed by atoms with Crippen LogP contribution >= 0.6 is 0 Å². The molecule has 2 aromatic rings. The van der Waals surface area contributed by atoms with E-state index in [1.54, 1.807) is 37.4 Å². The largest absolute Gasteiger partial charge is 0.497 e. The molecule has 0 spiro atoms. The number of carbonyl (C=O) groups excluding carboxylic acids is 1. The Labute approximate surface area is 110 Å². The average molecular weight is 259 g/mol. The molecule has 19 heavy (non-hydrogen) atoms. The highest BCUT2D eigenvalue weighted by Gasteiger charge is 2.11. The maximum atomic E-state index is 12.0. The van der Waals surface area contributed by atoms with E-state index in [0.29, 0.717) is 17.2 Å². The van der Waals surface area contributed by atoms with E-state index in [-0.39, 0.29) is 11.6 Å². The van der Waals surface area contributed by atoms with Crippen molar-refractivity contribution >= 4 is 11.6 Å². The first kappa shape index (κ1) is 12.8. The number of amides is 1. The van der Waals surface area contributed by atoms with Crippen molar-refractivity contribution in [2.45, 2.75) is 0 Å². The molecule has 6 nitrogen and oxygen atoms in total. The van der Waals surface area contributed by atoms with Gasteiger partial charge in [-0.15, -0.1) is 5.10 Å². The van der Waals surface area contributed by atoms with Gasteiger partial charge in [-0.25, -0.2) is 0 Å². The van der Waals surface area contributed by atoms with Crippen LogP contribution in [0.25, 0.3) is 0 Å². The van der Waals surface area contributed by atoms with Crippen molar-refractivity contribution in [1.82, 2.24) is 10.2 Å². The maximum Gasteiger partial charge on any atom is 0.276 e. The van der Waals surface area contributed by atoms with Gasteiger partial charge in [0, 0.05) is 12.3 Å². The van der Waals surface area contributed by atoms with Gasteiger partial charge in [0.15, 0.2) is 5.69 Å². The summed E-state index contributed by atoms with van der Waals surface area (Å²) in [5, 5.41) is 10.1. The lowest BCUT2D eigenvalue weighted by atomic mass is 10.2. The van der Waals surface area contributed by atoms with E-state index in [2.05, 4.69) is 15.5 Å². The minimum Gasteiger partial charge on any atom is -0.497 e. The smallest absolute Gasteiger partial charge is 0.276 e. The van der Waals surface area contributed by atoms with Gasteiger partial charge in [-0.05, 0) is 24.3 Å². The van der Waals surface area contributed by atoms with Crippen molar-refractivity contribution in [3.8, 4) is 11.5 Å². The van der Waals surface area contributed by atoms with Crippen molar-refractivity contribution in [3.63, 3.8) is 0 Å². The van der Waals surface area contributed by atoms with Gasteiger partial charge in [0.1, 0.15) is 11.5 Å². The second kappa shape index (κ2) is 5.81. The van der Waals surface area contributed by atoms with Crippen LogP contribution in [0.3, 0.4) is 0 Å². The molecule has 1 aromatic heterocycles. The number of carbonyl (C=O) groups is 1. The Morgan fingerprint density at radius 3 is 2.68 bits per heavy atom. The fourth-order valence-corrected chi connectivity index (χ4v) is 1.52. The fraction of sp³-hybridized carbons (Fsp3) is 0.154. The van der Waals surface area contributed by atoms with Gasteiger partial charge >= 0.3 is 0 Å². The number of nitrogens with zero attached hydrogens (tertiary/aromatic N) is 2. The first-order valence-electron chi connectivity index (χ1n) is 5.55. The van der Waals surface area contributed by atoms with E-state index in [1.165, 1.54) is 13.3 Å². The quantitative estimate of drug-likeness (QED) is 0.905. The van der Waals surface area contributed by atoms with Crippen LogP contribution in [0.2, 0.25) is 0 Å². The van der Waals surface area contributed by atoms with Gasteiger partial charge in [0.25, 0.3) is 5.91 Å². The zero-order chi connectivity index (χ0) is 13.7. The number of hydrogen-bond acceptors (Lipinski definition) is 5. The molecule has 0 fully saturated rings. The minimum absolute atomic E-state index is 0.229. The molecule has 98 valence electrons. The molecule has 0 radical (unpaired) electrons. The van der Waals surface area contributed by atoms with Crippen LogP contribution in [0.4, 0.5) is 5.69 Å². The summed E-state index contributed by atoms with van der Waals surface area (Å²) >= 11 is 0. The Morgan fingerprint density at radius 1 is 1.21 bits per heavy atom. The molecule has 0 aliphatic heterocycles. The van der Waals surface area contributed by atoms with Crippen molar-refractivity contribution in [3.05, 3.63) is 42.2 Å². The maximum absolute atomic E-state index is 12.0. The Morgan fingerprint density at radius 2 is 2.05 bits per heavy atom. The summed E-state index contributed by atoms with van der Waals surface area (Å²) in [4.78, 5) is 12.0. The second-order valence-electron chi connectivity index (χ2n) is 3.63. The van der Waals surface area contributed by atoms with Crippen LogP contribution in [0.1, 0.15) is 10.5 Å². The zero-order valence-corrected chi connectivity index (χ0v) is 10.6. The van der Waals surface area contributed by atoms with E-state index >= 15 is 0 Å². The molecule has 1 heterocycles. The molecule has 0 saturated heterocycles. The second-order valence-corrected chi connectivity index (χ2v) is 3.63. The van der Waals surface area contributed by atoms with E-state index in [1.807, 2.05) is 0 Å². The van der Waals surface area contributed by atoms with Crippen LogP contribution in [0.5, 0.6) is 11.5 Å². The summed E-state index contributed by atoms with van der Waals surface area (Å²) in [6.45, 7) is 0. The molecule has 0 saturated carbocycles. The number of benzene rings is 1. The van der Waals surface area contributed by atoms with E-state index < -0.39 is 0 Å². The summed E-state index contributed by atoms with van der Waals surface area (Å²) in [5.41, 5.74) is 0.741. The van der Waals surface area contributed by atoms with E-state index in [0.717, 1.165) is 0 Å². The molecular formula is C13H13N3O3. The van der Waals surface area contributed by atoms with Gasteiger partial charge in [0.2, 0.25) is 0 Å². The van der Waals surface area contributed by atoms with Crippen molar-refractivity contribution < 1.29 is 14.3 Å². The van der Waals surface area contributed by atoms with Crippen LogP contribution in [-0.2, 0) is 0 Å².